The molecule has 2 nitrogen and oxygen atoms in total. The van der Waals surface area contributed by atoms with Gasteiger partial charge in [-0.05, 0) is 78.0 Å². The number of ketones is 1. The summed E-state index contributed by atoms with van der Waals surface area (Å²) in [5, 5.41) is 0. The molecule has 0 heterocycles. The Morgan fingerprint density at radius 3 is 2.88 bits per heavy atom. The van der Waals surface area contributed by atoms with E-state index in [1.165, 1.54) is 31.2 Å². The highest BCUT2D eigenvalue weighted by Gasteiger charge is 2.77. The van der Waals surface area contributed by atoms with Crippen LogP contribution in [0.2, 0.25) is 0 Å². The normalized spacial score (nSPS) is 45.0. The van der Waals surface area contributed by atoms with Crippen molar-refractivity contribution in [1.82, 2.24) is 0 Å². The lowest BCUT2D eigenvalue weighted by Crippen LogP contribution is -2.49. The molecular formula is C22H28O2. The van der Waals surface area contributed by atoms with E-state index in [2.05, 4.69) is 32.0 Å². The zero-order chi connectivity index (χ0) is 16.7. The van der Waals surface area contributed by atoms with E-state index in [1.54, 1.807) is 12.7 Å². The fourth-order valence-electron chi connectivity index (χ4n) is 7.27. The minimum atomic E-state index is -0.0176. The van der Waals surface area contributed by atoms with Crippen molar-refractivity contribution in [2.45, 2.75) is 58.3 Å². The number of carbonyl (C=O) groups is 1. The molecule has 6 atom stereocenters. The first-order chi connectivity index (χ1) is 11.5. The Labute approximate surface area is 145 Å². The molecule has 128 valence electrons. The van der Waals surface area contributed by atoms with Crippen LogP contribution in [0.3, 0.4) is 0 Å². The molecule has 3 saturated carbocycles. The van der Waals surface area contributed by atoms with E-state index >= 15 is 0 Å². The summed E-state index contributed by atoms with van der Waals surface area (Å²) in [4.78, 5) is 12.7. The molecule has 0 N–H and O–H groups in total. The predicted molar refractivity (Wildman–Crippen MR) is 94.2 cm³/mol. The van der Waals surface area contributed by atoms with Crippen molar-refractivity contribution in [3.05, 3.63) is 29.3 Å². The topological polar surface area (TPSA) is 26.3 Å². The van der Waals surface area contributed by atoms with E-state index in [1.807, 2.05) is 0 Å². The van der Waals surface area contributed by atoms with Gasteiger partial charge in [0, 0.05) is 11.8 Å². The highest BCUT2D eigenvalue weighted by atomic mass is 16.5. The zero-order valence-corrected chi connectivity index (χ0v) is 15.1. The van der Waals surface area contributed by atoms with Crippen LogP contribution < -0.4 is 4.74 Å². The lowest BCUT2D eigenvalue weighted by atomic mass is 9.49. The van der Waals surface area contributed by atoms with Gasteiger partial charge in [-0.1, -0.05) is 26.3 Å². The fraction of sp³-hybridized carbons (Fsp3) is 0.682. The number of carbonyl (C=O) groups excluding carboxylic acids is 1. The Balaban J connectivity index is 1.63. The standard InChI is InChI=1S/C22H28O2/c1-4-13-9-14-10-16(24-3)5-6-17(14)18-7-8-21(2)19(23)11-15-12-22(15,21)20(13)18/h5-6,10,13,15,18,20H,4,7-9,11-12H2,1-3H3/t13-,15-,18-,20-,21-,22-/m1/s1. The molecule has 0 radical (unpaired) electrons. The summed E-state index contributed by atoms with van der Waals surface area (Å²) in [5.41, 5.74) is 3.39. The molecule has 4 aliphatic carbocycles. The number of hydrogen-bond acceptors (Lipinski definition) is 2. The number of rotatable bonds is 2. The second-order valence-corrected chi connectivity index (χ2v) is 9.01. The quantitative estimate of drug-likeness (QED) is 0.784. The van der Waals surface area contributed by atoms with Crippen molar-refractivity contribution >= 4 is 5.78 Å². The monoisotopic (exact) mass is 324 g/mol. The third-order valence-electron chi connectivity index (χ3n) is 8.47. The van der Waals surface area contributed by atoms with Crippen LogP contribution in [0.4, 0.5) is 0 Å². The van der Waals surface area contributed by atoms with E-state index in [9.17, 15) is 4.79 Å². The first kappa shape index (κ1) is 15.0. The Bertz CT molecular complexity index is 723. The molecule has 1 spiro atoms. The minimum absolute atomic E-state index is 0.0176. The molecule has 0 aromatic heterocycles. The molecule has 0 unspecified atom stereocenters. The lowest BCUT2D eigenvalue weighted by Gasteiger charge is -2.53. The summed E-state index contributed by atoms with van der Waals surface area (Å²) in [6, 6.07) is 6.73. The van der Waals surface area contributed by atoms with Crippen molar-refractivity contribution in [1.29, 1.82) is 0 Å². The van der Waals surface area contributed by atoms with Crippen LogP contribution in [-0.4, -0.2) is 12.9 Å². The number of methoxy groups -OCH3 is 1. The van der Waals surface area contributed by atoms with Gasteiger partial charge in [0.2, 0.25) is 0 Å². The molecule has 0 aliphatic heterocycles. The Morgan fingerprint density at radius 2 is 2.12 bits per heavy atom. The first-order valence-electron chi connectivity index (χ1n) is 9.75. The molecule has 5 rings (SSSR count). The van der Waals surface area contributed by atoms with Gasteiger partial charge in [0.15, 0.2) is 0 Å². The van der Waals surface area contributed by atoms with E-state index in [4.69, 9.17) is 4.74 Å². The molecule has 0 bridgehead atoms. The highest BCUT2D eigenvalue weighted by Crippen LogP contribution is 2.81. The van der Waals surface area contributed by atoms with Crippen LogP contribution in [0, 0.1) is 28.6 Å². The molecule has 2 heteroatoms. The average molecular weight is 324 g/mol. The third-order valence-corrected chi connectivity index (χ3v) is 8.47. The molecule has 3 fully saturated rings. The summed E-state index contributed by atoms with van der Waals surface area (Å²) in [6.07, 6.45) is 6.88. The molecular weight excluding hydrogens is 296 g/mol. The molecule has 1 aromatic rings. The highest BCUT2D eigenvalue weighted by molar-refractivity contribution is 5.90. The van der Waals surface area contributed by atoms with E-state index < -0.39 is 0 Å². The van der Waals surface area contributed by atoms with Crippen molar-refractivity contribution < 1.29 is 9.53 Å². The first-order valence-corrected chi connectivity index (χ1v) is 9.75. The van der Waals surface area contributed by atoms with Crippen molar-refractivity contribution in [3.8, 4) is 5.75 Å². The lowest BCUT2D eigenvalue weighted by molar-refractivity contribution is -0.134. The van der Waals surface area contributed by atoms with Gasteiger partial charge < -0.3 is 4.74 Å². The maximum absolute atomic E-state index is 12.7. The van der Waals surface area contributed by atoms with Crippen LogP contribution in [-0.2, 0) is 11.2 Å². The van der Waals surface area contributed by atoms with Crippen LogP contribution >= 0.6 is 0 Å². The Morgan fingerprint density at radius 1 is 1.29 bits per heavy atom. The third kappa shape index (κ3) is 1.56. The van der Waals surface area contributed by atoms with Gasteiger partial charge in [-0.25, -0.2) is 0 Å². The van der Waals surface area contributed by atoms with Gasteiger partial charge >= 0.3 is 0 Å². The summed E-state index contributed by atoms with van der Waals surface area (Å²) < 4.78 is 5.47. The summed E-state index contributed by atoms with van der Waals surface area (Å²) >= 11 is 0. The van der Waals surface area contributed by atoms with Crippen molar-refractivity contribution in [2.24, 2.45) is 28.6 Å². The van der Waals surface area contributed by atoms with Crippen molar-refractivity contribution in [3.63, 3.8) is 0 Å². The van der Waals surface area contributed by atoms with Crippen LogP contribution in [0.1, 0.15) is 63.0 Å². The van der Waals surface area contributed by atoms with Gasteiger partial charge in [0.05, 0.1) is 7.11 Å². The molecule has 0 saturated heterocycles. The number of ether oxygens (including phenoxy) is 1. The fourth-order valence-corrected chi connectivity index (χ4v) is 7.27. The van der Waals surface area contributed by atoms with E-state index in [0.29, 0.717) is 23.0 Å². The van der Waals surface area contributed by atoms with Gasteiger partial charge in [-0.15, -0.1) is 0 Å². The summed E-state index contributed by atoms with van der Waals surface area (Å²) in [5.74, 6) is 4.36. The summed E-state index contributed by atoms with van der Waals surface area (Å²) in [6.45, 7) is 4.67. The molecule has 24 heavy (non-hydrogen) atoms. The van der Waals surface area contributed by atoms with E-state index in [-0.39, 0.29) is 5.41 Å². The number of fused-ring (bicyclic) bond motifs is 3. The average Bonchev–Trinajstić information content (AvgIpc) is 3.25. The predicted octanol–water partition coefficient (Wildman–Crippen LogP) is 4.76. The maximum Gasteiger partial charge on any atom is 0.139 e. The SMILES string of the molecule is CC[C@@H]1Cc2cc(OC)ccc2[C@H]2CC[C@]3(C)C(=O)C[C@@H]4C[C@]43[C@H]12. The Kier molecular flexibility index (Phi) is 2.90. The number of Topliss-reactive ketones (excluding diaryl/α,β-unsaturated/α-hetero) is 1. The van der Waals surface area contributed by atoms with Crippen molar-refractivity contribution in [2.75, 3.05) is 7.11 Å². The van der Waals surface area contributed by atoms with Gasteiger partial charge in [-0.3, -0.25) is 4.79 Å². The van der Waals surface area contributed by atoms with Gasteiger partial charge in [0.1, 0.15) is 11.5 Å². The summed E-state index contributed by atoms with van der Waals surface area (Å²) in [7, 11) is 1.76. The van der Waals surface area contributed by atoms with Crippen LogP contribution in [0.25, 0.3) is 0 Å². The second kappa shape index (κ2) is 4.65. The van der Waals surface area contributed by atoms with Crippen LogP contribution in [0.5, 0.6) is 5.75 Å². The van der Waals surface area contributed by atoms with Gasteiger partial charge in [0.25, 0.3) is 0 Å². The van der Waals surface area contributed by atoms with E-state index in [0.717, 1.165) is 30.4 Å². The molecule has 4 aliphatic rings. The second-order valence-electron chi connectivity index (χ2n) is 9.01. The zero-order valence-electron chi connectivity index (χ0n) is 15.1. The van der Waals surface area contributed by atoms with Crippen LogP contribution in [0.15, 0.2) is 18.2 Å². The van der Waals surface area contributed by atoms with Gasteiger partial charge in [-0.2, -0.15) is 0 Å². The Hall–Kier alpha value is -1.31. The molecule has 1 aromatic carbocycles. The largest absolute Gasteiger partial charge is 0.497 e. The maximum atomic E-state index is 12.7. The molecule has 0 amide bonds. The number of benzene rings is 1. The minimum Gasteiger partial charge on any atom is -0.497 e. The smallest absolute Gasteiger partial charge is 0.139 e. The number of hydrogen-bond donors (Lipinski definition) is 0.